The van der Waals surface area contributed by atoms with Crippen molar-refractivity contribution in [3.8, 4) is 5.75 Å². The molecule has 1 heterocycles. The first kappa shape index (κ1) is 20.8. The van der Waals surface area contributed by atoms with Gasteiger partial charge in [0.15, 0.2) is 0 Å². The number of piperazine rings is 1. The van der Waals surface area contributed by atoms with Crippen molar-refractivity contribution in [3.05, 3.63) is 53.6 Å². The van der Waals surface area contributed by atoms with Crippen LogP contribution in [0.2, 0.25) is 0 Å². The van der Waals surface area contributed by atoms with Gasteiger partial charge in [-0.05, 0) is 48.4 Å². The van der Waals surface area contributed by atoms with Crippen molar-refractivity contribution in [2.75, 3.05) is 33.3 Å². The molecule has 1 unspecified atom stereocenters. The van der Waals surface area contributed by atoms with Crippen molar-refractivity contribution in [2.45, 2.75) is 42.5 Å². The zero-order chi connectivity index (χ0) is 20.1. The molecule has 1 saturated heterocycles. The molecule has 0 amide bonds. The predicted molar refractivity (Wildman–Crippen MR) is 112 cm³/mol. The molecule has 5 nitrogen and oxygen atoms in total. The van der Waals surface area contributed by atoms with Gasteiger partial charge in [-0.25, -0.2) is 8.42 Å². The summed E-state index contributed by atoms with van der Waals surface area (Å²) in [5.74, 6) is 0.387. The van der Waals surface area contributed by atoms with Crippen LogP contribution in [0.3, 0.4) is 0 Å². The van der Waals surface area contributed by atoms with Crippen LogP contribution in [0.25, 0.3) is 0 Å². The fraction of sp³-hybridized carbons (Fsp3) is 0.455. The quantitative estimate of drug-likeness (QED) is 0.769. The Kier molecular flexibility index (Phi) is 6.75. The zero-order valence-corrected chi connectivity index (χ0v) is 17.8. The SMILES string of the molecule is CCCc1ccc(OC)c(S(=O)(=O)c2ccc(C3CNCCN3CC)cc2)c1. The number of likely N-dealkylation sites (N-methyl/N-ethyl adjacent to an activating group) is 1. The number of benzene rings is 2. The molecule has 1 fully saturated rings. The second-order valence-corrected chi connectivity index (χ2v) is 9.07. The standard InChI is InChI=1S/C22H30N2O3S/c1-4-6-17-7-12-21(27-3)22(15-17)28(25,26)19-10-8-18(9-11-19)20-16-23-13-14-24(20)5-2/h7-12,15,20,23H,4-6,13-14,16H2,1-3H3. The molecule has 1 aliphatic heterocycles. The third-order valence-corrected chi connectivity index (χ3v) is 7.18. The van der Waals surface area contributed by atoms with E-state index in [1.165, 1.54) is 7.11 Å². The summed E-state index contributed by atoms with van der Waals surface area (Å²) in [5.41, 5.74) is 2.14. The molecule has 1 aliphatic rings. The molecule has 6 heteroatoms. The summed E-state index contributed by atoms with van der Waals surface area (Å²) in [6.07, 6.45) is 1.80. The Morgan fingerprint density at radius 3 is 2.54 bits per heavy atom. The Labute approximate surface area is 168 Å². The van der Waals surface area contributed by atoms with Crippen LogP contribution in [-0.2, 0) is 16.3 Å². The molecule has 152 valence electrons. The van der Waals surface area contributed by atoms with E-state index in [4.69, 9.17) is 4.74 Å². The maximum Gasteiger partial charge on any atom is 0.210 e. The molecule has 1 N–H and O–H groups in total. The van der Waals surface area contributed by atoms with Crippen molar-refractivity contribution in [1.82, 2.24) is 10.2 Å². The van der Waals surface area contributed by atoms with Crippen molar-refractivity contribution in [3.63, 3.8) is 0 Å². The summed E-state index contributed by atoms with van der Waals surface area (Å²) in [6, 6.07) is 13.0. The normalized spacial score (nSPS) is 18.2. The van der Waals surface area contributed by atoms with Crippen molar-refractivity contribution < 1.29 is 13.2 Å². The lowest BCUT2D eigenvalue weighted by molar-refractivity contribution is 0.171. The van der Waals surface area contributed by atoms with E-state index in [0.29, 0.717) is 10.6 Å². The molecular weight excluding hydrogens is 372 g/mol. The molecule has 0 aliphatic carbocycles. The smallest absolute Gasteiger partial charge is 0.210 e. The van der Waals surface area contributed by atoms with E-state index in [9.17, 15) is 8.42 Å². The first-order chi connectivity index (χ1) is 13.5. The van der Waals surface area contributed by atoms with Crippen LogP contribution in [0.5, 0.6) is 5.75 Å². The highest BCUT2D eigenvalue weighted by atomic mass is 32.2. The minimum Gasteiger partial charge on any atom is -0.495 e. The highest BCUT2D eigenvalue weighted by Crippen LogP contribution is 2.32. The molecule has 0 saturated carbocycles. The van der Waals surface area contributed by atoms with Gasteiger partial charge in [0, 0.05) is 25.7 Å². The maximum absolute atomic E-state index is 13.3. The third kappa shape index (κ3) is 4.24. The van der Waals surface area contributed by atoms with Gasteiger partial charge >= 0.3 is 0 Å². The summed E-state index contributed by atoms with van der Waals surface area (Å²) < 4.78 is 31.9. The summed E-state index contributed by atoms with van der Waals surface area (Å²) >= 11 is 0. The van der Waals surface area contributed by atoms with E-state index in [2.05, 4.69) is 24.1 Å². The zero-order valence-electron chi connectivity index (χ0n) is 16.9. The van der Waals surface area contributed by atoms with Crippen LogP contribution < -0.4 is 10.1 Å². The topological polar surface area (TPSA) is 58.6 Å². The summed E-state index contributed by atoms with van der Waals surface area (Å²) in [6.45, 7) is 8.09. The van der Waals surface area contributed by atoms with Crippen LogP contribution in [0.1, 0.15) is 37.4 Å². The Morgan fingerprint density at radius 2 is 1.89 bits per heavy atom. The average molecular weight is 403 g/mol. The van der Waals surface area contributed by atoms with E-state index in [1.54, 1.807) is 24.3 Å². The summed E-state index contributed by atoms with van der Waals surface area (Å²) in [5, 5.41) is 3.43. The molecule has 0 spiro atoms. The first-order valence-corrected chi connectivity index (χ1v) is 11.5. The van der Waals surface area contributed by atoms with Crippen LogP contribution in [-0.4, -0.2) is 46.6 Å². The maximum atomic E-state index is 13.3. The van der Waals surface area contributed by atoms with Gasteiger partial charge in [0.2, 0.25) is 9.84 Å². The van der Waals surface area contributed by atoms with Crippen LogP contribution in [0.15, 0.2) is 52.3 Å². The highest BCUT2D eigenvalue weighted by molar-refractivity contribution is 7.91. The number of aryl methyl sites for hydroxylation is 1. The lowest BCUT2D eigenvalue weighted by atomic mass is 10.0. The minimum absolute atomic E-state index is 0.239. The molecule has 2 aromatic rings. The fourth-order valence-corrected chi connectivity index (χ4v) is 5.30. The van der Waals surface area contributed by atoms with Gasteiger partial charge in [-0.1, -0.05) is 38.5 Å². The van der Waals surface area contributed by atoms with Crippen molar-refractivity contribution in [2.24, 2.45) is 0 Å². The third-order valence-electron chi connectivity index (χ3n) is 5.39. The Bertz CT molecular complexity index is 894. The van der Waals surface area contributed by atoms with Crippen LogP contribution in [0.4, 0.5) is 0 Å². The molecular formula is C22H30N2O3S. The number of methoxy groups -OCH3 is 1. The molecule has 0 aromatic heterocycles. The van der Waals surface area contributed by atoms with Gasteiger partial charge in [-0.15, -0.1) is 0 Å². The average Bonchev–Trinajstić information content (AvgIpc) is 2.74. The van der Waals surface area contributed by atoms with Gasteiger partial charge in [0.1, 0.15) is 10.6 Å². The van der Waals surface area contributed by atoms with E-state index in [0.717, 1.165) is 50.1 Å². The largest absolute Gasteiger partial charge is 0.495 e. The number of hydrogen-bond donors (Lipinski definition) is 1. The van der Waals surface area contributed by atoms with Crippen molar-refractivity contribution in [1.29, 1.82) is 0 Å². The fourth-order valence-electron chi connectivity index (χ4n) is 3.82. The molecule has 0 bridgehead atoms. The highest BCUT2D eigenvalue weighted by Gasteiger charge is 2.25. The predicted octanol–water partition coefficient (Wildman–Crippen LogP) is 3.45. The van der Waals surface area contributed by atoms with Crippen LogP contribution >= 0.6 is 0 Å². The second-order valence-electron chi connectivity index (χ2n) is 7.16. The van der Waals surface area contributed by atoms with Gasteiger partial charge in [0.05, 0.1) is 12.0 Å². The van der Waals surface area contributed by atoms with E-state index >= 15 is 0 Å². The van der Waals surface area contributed by atoms with E-state index in [1.807, 2.05) is 18.2 Å². The Balaban J connectivity index is 1.93. The van der Waals surface area contributed by atoms with Gasteiger partial charge in [-0.2, -0.15) is 0 Å². The number of nitrogens with zero attached hydrogens (tertiary/aromatic N) is 1. The van der Waals surface area contributed by atoms with E-state index in [-0.39, 0.29) is 10.9 Å². The first-order valence-electron chi connectivity index (χ1n) is 9.98. The molecule has 28 heavy (non-hydrogen) atoms. The molecule has 3 rings (SSSR count). The molecule has 0 radical (unpaired) electrons. The Morgan fingerprint density at radius 1 is 1.14 bits per heavy atom. The Hall–Kier alpha value is -1.89. The molecule has 2 aromatic carbocycles. The van der Waals surface area contributed by atoms with Gasteiger partial charge in [0.25, 0.3) is 0 Å². The number of ether oxygens (including phenoxy) is 1. The van der Waals surface area contributed by atoms with E-state index < -0.39 is 9.84 Å². The number of sulfone groups is 1. The lowest BCUT2D eigenvalue weighted by Gasteiger charge is -2.35. The van der Waals surface area contributed by atoms with Gasteiger partial charge < -0.3 is 10.1 Å². The summed E-state index contributed by atoms with van der Waals surface area (Å²) in [7, 11) is -2.14. The van der Waals surface area contributed by atoms with Crippen LogP contribution in [0, 0.1) is 0 Å². The number of rotatable bonds is 7. The number of hydrogen-bond acceptors (Lipinski definition) is 5. The monoisotopic (exact) mass is 402 g/mol. The van der Waals surface area contributed by atoms with Crippen molar-refractivity contribution >= 4 is 9.84 Å². The summed E-state index contributed by atoms with van der Waals surface area (Å²) in [4.78, 5) is 2.95. The second kappa shape index (κ2) is 9.07. The van der Waals surface area contributed by atoms with Gasteiger partial charge in [-0.3, -0.25) is 4.90 Å². The molecule has 1 atom stereocenters. The minimum atomic E-state index is -3.64. The lowest BCUT2D eigenvalue weighted by Crippen LogP contribution is -2.45. The number of nitrogens with one attached hydrogen (secondary N) is 1.